The minimum absolute atomic E-state index is 0.269. The van der Waals surface area contributed by atoms with Gasteiger partial charge in [-0.15, -0.1) is 11.3 Å². The molecular formula is C10H13Br2NOS. The van der Waals surface area contributed by atoms with E-state index >= 15 is 0 Å². The first-order valence-electron chi connectivity index (χ1n) is 4.93. The van der Waals surface area contributed by atoms with Gasteiger partial charge in [0.1, 0.15) is 0 Å². The molecule has 84 valence electrons. The standard InChI is InChI=1S/C10H13Br2NOS/c1-13-5-6-2-3-14-9(6)8-4-7(11)10(12)15-8/h4,6,9,13H,2-3,5H2,1H3. The molecule has 1 aliphatic heterocycles. The van der Waals surface area contributed by atoms with Crippen LogP contribution in [0.1, 0.15) is 17.4 Å². The summed E-state index contributed by atoms with van der Waals surface area (Å²) in [6.07, 6.45) is 1.42. The van der Waals surface area contributed by atoms with Crippen LogP contribution in [-0.4, -0.2) is 20.2 Å². The van der Waals surface area contributed by atoms with E-state index in [4.69, 9.17) is 4.74 Å². The second kappa shape index (κ2) is 5.27. The number of hydrogen-bond donors (Lipinski definition) is 1. The van der Waals surface area contributed by atoms with Crippen LogP contribution >= 0.6 is 43.2 Å². The lowest BCUT2D eigenvalue weighted by atomic mass is 10.0. The van der Waals surface area contributed by atoms with E-state index in [-0.39, 0.29) is 6.10 Å². The molecule has 0 spiro atoms. The van der Waals surface area contributed by atoms with E-state index in [1.54, 1.807) is 11.3 Å². The molecule has 0 amide bonds. The second-order valence-corrected chi connectivity index (χ2v) is 6.92. The van der Waals surface area contributed by atoms with Gasteiger partial charge in [-0.2, -0.15) is 0 Å². The van der Waals surface area contributed by atoms with Crippen LogP contribution in [0.3, 0.4) is 0 Å². The molecule has 0 bridgehead atoms. The molecule has 1 aliphatic rings. The molecule has 2 unspecified atom stereocenters. The largest absolute Gasteiger partial charge is 0.372 e. The summed E-state index contributed by atoms with van der Waals surface area (Å²) in [5.41, 5.74) is 0. The Bertz CT molecular complexity index is 323. The summed E-state index contributed by atoms with van der Waals surface area (Å²) < 4.78 is 8.08. The van der Waals surface area contributed by atoms with Crippen molar-refractivity contribution in [3.8, 4) is 0 Å². The van der Waals surface area contributed by atoms with Gasteiger partial charge in [0, 0.05) is 28.4 Å². The Balaban J connectivity index is 2.15. The lowest BCUT2D eigenvalue weighted by Crippen LogP contribution is -2.20. The van der Waals surface area contributed by atoms with Crippen LogP contribution in [0.15, 0.2) is 14.3 Å². The molecule has 1 aromatic heterocycles. The molecule has 1 fully saturated rings. The maximum atomic E-state index is 5.80. The van der Waals surface area contributed by atoms with Gasteiger partial charge >= 0.3 is 0 Å². The highest BCUT2D eigenvalue weighted by molar-refractivity contribution is 9.13. The van der Waals surface area contributed by atoms with Crippen molar-refractivity contribution in [3.05, 3.63) is 19.2 Å². The third kappa shape index (κ3) is 2.64. The van der Waals surface area contributed by atoms with Crippen molar-refractivity contribution in [3.63, 3.8) is 0 Å². The summed E-state index contributed by atoms with van der Waals surface area (Å²) in [6.45, 7) is 1.90. The maximum absolute atomic E-state index is 5.80. The van der Waals surface area contributed by atoms with Crippen LogP contribution in [0.5, 0.6) is 0 Å². The Morgan fingerprint density at radius 1 is 1.60 bits per heavy atom. The highest BCUT2D eigenvalue weighted by Crippen LogP contribution is 2.42. The normalized spacial score (nSPS) is 26.1. The Hall–Kier alpha value is 0.580. The molecule has 1 saturated heterocycles. The van der Waals surface area contributed by atoms with Crippen LogP contribution in [0.25, 0.3) is 0 Å². The van der Waals surface area contributed by atoms with Gasteiger partial charge < -0.3 is 10.1 Å². The first kappa shape index (κ1) is 12.0. The van der Waals surface area contributed by atoms with E-state index in [0.717, 1.165) is 27.8 Å². The average Bonchev–Trinajstić information content (AvgIpc) is 2.76. The van der Waals surface area contributed by atoms with Crippen LogP contribution in [0.2, 0.25) is 0 Å². The molecule has 2 heterocycles. The zero-order chi connectivity index (χ0) is 10.8. The molecule has 0 radical (unpaired) electrons. The fourth-order valence-electron chi connectivity index (χ4n) is 1.92. The first-order valence-corrected chi connectivity index (χ1v) is 7.33. The van der Waals surface area contributed by atoms with Gasteiger partial charge in [0.15, 0.2) is 0 Å². The van der Waals surface area contributed by atoms with Gasteiger partial charge in [0.25, 0.3) is 0 Å². The van der Waals surface area contributed by atoms with Crippen LogP contribution in [0, 0.1) is 5.92 Å². The minimum atomic E-state index is 0.269. The molecular weight excluding hydrogens is 342 g/mol. The van der Waals surface area contributed by atoms with Crippen molar-refractivity contribution in [2.24, 2.45) is 5.92 Å². The fourth-order valence-corrected chi connectivity index (χ4v) is 4.16. The SMILES string of the molecule is CNCC1CCOC1c1cc(Br)c(Br)s1. The lowest BCUT2D eigenvalue weighted by molar-refractivity contribution is 0.0938. The predicted octanol–water partition coefficient (Wildman–Crippen LogP) is 3.57. The predicted molar refractivity (Wildman–Crippen MR) is 70.4 cm³/mol. The van der Waals surface area contributed by atoms with Gasteiger partial charge in [-0.3, -0.25) is 0 Å². The summed E-state index contributed by atoms with van der Waals surface area (Å²) in [7, 11) is 2.00. The van der Waals surface area contributed by atoms with E-state index in [9.17, 15) is 0 Å². The zero-order valence-electron chi connectivity index (χ0n) is 8.43. The Morgan fingerprint density at radius 3 is 3.00 bits per heavy atom. The molecule has 1 aromatic rings. The Labute approximate surface area is 111 Å². The third-order valence-electron chi connectivity index (χ3n) is 2.63. The molecule has 1 N–H and O–H groups in total. The molecule has 15 heavy (non-hydrogen) atoms. The van der Waals surface area contributed by atoms with E-state index in [1.807, 2.05) is 7.05 Å². The Kier molecular flexibility index (Phi) is 4.24. The van der Waals surface area contributed by atoms with Gasteiger partial charge in [-0.05, 0) is 51.4 Å². The smallest absolute Gasteiger partial charge is 0.0958 e. The molecule has 0 saturated carbocycles. The van der Waals surface area contributed by atoms with Crippen molar-refractivity contribution in [1.82, 2.24) is 5.32 Å². The third-order valence-corrected chi connectivity index (χ3v) is 5.94. The number of halogens is 2. The van der Waals surface area contributed by atoms with Gasteiger partial charge in [-0.25, -0.2) is 0 Å². The second-order valence-electron chi connectivity index (χ2n) is 3.67. The highest BCUT2D eigenvalue weighted by Gasteiger charge is 2.30. The van der Waals surface area contributed by atoms with Crippen molar-refractivity contribution < 1.29 is 4.74 Å². The van der Waals surface area contributed by atoms with Crippen LogP contribution in [-0.2, 0) is 4.74 Å². The quantitative estimate of drug-likeness (QED) is 0.895. The summed E-state index contributed by atoms with van der Waals surface area (Å²) in [5.74, 6) is 0.604. The highest BCUT2D eigenvalue weighted by atomic mass is 79.9. The molecule has 2 atom stereocenters. The van der Waals surface area contributed by atoms with Crippen molar-refractivity contribution in [1.29, 1.82) is 0 Å². The number of ether oxygens (including phenoxy) is 1. The minimum Gasteiger partial charge on any atom is -0.372 e. The summed E-state index contributed by atoms with van der Waals surface area (Å²) in [6, 6.07) is 2.16. The topological polar surface area (TPSA) is 21.3 Å². The van der Waals surface area contributed by atoms with Gasteiger partial charge in [0.2, 0.25) is 0 Å². The summed E-state index contributed by atoms with van der Waals surface area (Å²) in [4.78, 5) is 1.31. The van der Waals surface area contributed by atoms with E-state index in [1.165, 1.54) is 4.88 Å². The summed E-state index contributed by atoms with van der Waals surface area (Å²) in [5, 5.41) is 3.23. The first-order chi connectivity index (χ1) is 7.22. The summed E-state index contributed by atoms with van der Waals surface area (Å²) >= 11 is 8.80. The fraction of sp³-hybridized carbons (Fsp3) is 0.600. The van der Waals surface area contributed by atoms with Crippen LogP contribution < -0.4 is 5.32 Å². The van der Waals surface area contributed by atoms with Gasteiger partial charge in [0.05, 0.1) is 9.89 Å². The van der Waals surface area contributed by atoms with E-state index in [2.05, 4.69) is 43.2 Å². The van der Waals surface area contributed by atoms with Crippen molar-refractivity contribution in [2.75, 3.05) is 20.2 Å². The monoisotopic (exact) mass is 353 g/mol. The number of hydrogen-bond acceptors (Lipinski definition) is 3. The number of thiophene rings is 1. The lowest BCUT2D eigenvalue weighted by Gasteiger charge is -2.16. The molecule has 2 rings (SSSR count). The molecule has 0 aliphatic carbocycles. The average molecular weight is 355 g/mol. The number of nitrogens with one attached hydrogen (secondary N) is 1. The molecule has 5 heteroatoms. The van der Waals surface area contributed by atoms with Crippen molar-refractivity contribution in [2.45, 2.75) is 12.5 Å². The number of rotatable bonds is 3. The maximum Gasteiger partial charge on any atom is 0.0958 e. The van der Waals surface area contributed by atoms with Gasteiger partial charge in [-0.1, -0.05) is 0 Å². The molecule has 2 nitrogen and oxygen atoms in total. The van der Waals surface area contributed by atoms with E-state index in [0.29, 0.717) is 5.92 Å². The zero-order valence-corrected chi connectivity index (χ0v) is 12.4. The van der Waals surface area contributed by atoms with Crippen molar-refractivity contribution >= 4 is 43.2 Å². The Morgan fingerprint density at radius 2 is 2.40 bits per heavy atom. The van der Waals surface area contributed by atoms with Crippen LogP contribution in [0.4, 0.5) is 0 Å². The molecule has 0 aromatic carbocycles. The van der Waals surface area contributed by atoms with E-state index < -0.39 is 0 Å².